The van der Waals surface area contributed by atoms with Crippen molar-refractivity contribution < 1.29 is 4.79 Å². The first-order valence-electron chi connectivity index (χ1n) is 10.4. The smallest absolute Gasteiger partial charge is 0.255 e. The van der Waals surface area contributed by atoms with Gasteiger partial charge in [-0.15, -0.1) is 11.3 Å². The number of nitrogen functional groups attached to an aromatic ring is 1. The van der Waals surface area contributed by atoms with Crippen molar-refractivity contribution in [2.45, 2.75) is 13.8 Å². The lowest BCUT2D eigenvalue weighted by molar-refractivity contribution is 0.102. The van der Waals surface area contributed by atoms with Crippen molar-refractivity contribution in [1.82, 2.24) is 14.4 Å². The minimum atomic E-state index is -0.228. The van der Waals surface area contributed by atoms with Gasteiger partial charge in [0, 0.05) is 22.3 Å². The zero-order valence-electron chi connectivity index (χ0n) is 18.2. The average Bonchev–Trinajstić information content (AvgIpc) is 3.33. The van der Waals surface area contributed by atoms with Gasteiger partial charge < -0.3 is 16.4 Å². The number of para-hydroxylation sites is 2. The third-order valence-corrected chi connectivity index (χ3v) is 6.20. The van der Waals surface area contributed by atoms with Crippen LogP contribution in [-0.4, -0.2) is 20.3 Å². The number of thiazole rings is 1. The highest BCUT2D eigenvalue weighted by Crippen LogP contribution is 2.34. The molecule has 4 N–H and O–H groups in total. The van der Waals surface area contributed by atoms with Crippen LogP contribution in [0, 0.1) is 13.8 Å². The maximum Gasteiger partial charge on any atom is 0.255 e. The molecule has 0 saturated heterocycles. The van der Waals surface area contributed by atoms with Gasteiger partial charge in [0.15, 0.2) is 5.13 Å². The van der Waals surface area contributed by atoms with Gasteiger partial charge in [0.1, 0.15) is 11.3 Å². The monoisotopic (exact) mass is 454 g/mol. The van der Waals surface area contributed by atoms with Crippen molar-refractivity contribution in [3.63, 3.8) is 0 Å². The SMILES string of the molecule is Cc1nc2ccccn2c1-c1nc(Nc2cccc(C(=O)Nc3ccccc3N)c2)sc1C. The Morgan fingerprint density at radius 3 is 2.67 bits per heavy atom. The Labute approximate surface area is 194 Å². The van der Waals surface area contributed by atoms with E-state index in [-0.39, 0.29) is 5.91 Å². The van der Waals surface area contributed by atoms with E-state index in [1.807, 2.05) is 62.5 Å². The molecule has 164 valence electrons. The summed E-state index contributed by atoms with van der Waals surface area (Å²) in [6.07, 6.45) is 2.00. The van der Waals surface area contributed by atoms with Crippen LogP contribution in [-0.2, 0) is 0 Å². The van der Waals surface area contributed by atoms with Gasteiger partial charge in [-0.05, 0) is 56.3 Å². The third-order valence-electron chi connectivity index (χ3n) is 5.31. The molecule has 0 aliphatic carbocycles. The lowest BCUT2D eigenvalue weighted by atomic mass is 10.1. The Bertz CT molecular complexity index is 1490. The molecule has 0 aliphatic rings. The molecule has 0 saturated carbocycles. The van der Waals surface area contributed by atoms with E-state index < -0.39 is 0 Å². The fourth-order valence-electron chi connectivity index (χ4n) is 3.74. The van der Waals surface area contributed by atoms with Crippen molar-refractivity contribution in [3.05, 3.63) is 89.1 Å². The number of amides is 1. The second kappa shape index (κ2) is 8.40. The fourth-order valence-corrected chi connectivity index (χ4v) is 4.57. The van der Waals surface area contributed by atoms with Crippen LogP contribution in [0.15, 0.2) is 72.9 Å². The van der Waals surface area contributed by atoms with E-state index in [4.69, 9.17) is 10.7 Å². The summed E-state index contributed by atoms with van der Waals surface area (Å²) in [5.74, 6) is -0.228. The minimum absolute atomic E-state index is 0.228. The van der Waals surface area contributed by atoms with Gasteiger partial charge in [0.25, 0.3) is 5.91 Å². The molecule has 3 aromatic heterocycles. The zero-order valence-corrected chi connectivity index (χ0v) is 19.0. The first kappa shape index (κ1) is 20.7. The number of aromatic nitrogens is 3. The Kier molecular flexibility index (Phi) is 5.27. The molecule has 0 fully saturated rings. The summed E-state index contributed by atoms with van der Waals surface area (Å²) in [5.41, 5.74) is 12.1. The Morgan fingerprint density at radius 2 is 1.82 bits per heavy atom. The maximum absolute atomic E-state index is 12.7. The van der Waals surface area contributed by atoms with Crippen LogP contribution in [0.5, 0.6) is 0 Å². The van der Waals surface area contributed by atoms with E-state index in [9.17, 15) is 4.79 Å². The van der Waals surface area contributed by atoms with Crippen molar-refractivity contribution in [2.75, 3.05) is 16.4 Å². The molecular formula is C25H22N6OS. The van der Waals surface area contributed by atoms with E-state index in [1.165, 1.54) is 0 Å². The van der Waals surface area contributed by atoms with Crippen LogP contribution in [0.3, 0.4) is 0 Å². The number of nitrogens with two attached hydrogens (primary N) is 1. The number of fused-ring (bicyclic) bond motifs is 1. The first-order chi connectivity index (χ1) is 16.0. The maximum atomic E-state index is 12.7. The first-order valence-corrected chi connectivity index (χ1v) is 11.3. The summed E-state index contributed by atoms with van der Waals surface area (Å²) in [6, 6.07) is 20.4. The number of nitrogens with zero attached hydrogens (tertiary/aromatic N) is 3. The number of imidazole rings is 1. The van der Waals surface area contributed by atoms with E-state index in [0.29, 0.717) is 16.9 Å². The Morgan fingerprint density at radius 1 is 1.00 bits per heavy atom. The normalized spacial score (nSPS) is 11.0. The molecule has 0 spiro atoms. The summed E-state index contributed by atoms with van der Waals surface area (Å²) in [7, 11) is 0. The minimum Gasteiger partial charge on any atom is -0.397 e. The topological polar surface area (TPSA) is 97.3 Å². The zero-order chi connectivity index (χ0) is 22.9. The number of carbonyl (C=O) groups excluding carboxylic acids is 1. The van der Waals surface area contributed by atoms with Gasteiger partial charge in [-0.3, -0.25) is 9.20 Å². The second-order valence-corrected chi connectivity index (χ2v) is 8.85. The molecule has 0 radical (unpaired) electrons. The molecule has 7 nitrogen and oxygen atoms in total. The van der Waals surface area contributed by atoms with Crippen LogP contribution in [0.4, 0.5) is 22.2 Å². The number of hydrogen-bond donors (Lipinski definition) is 3. The van der Waals surface area contributed by atoms with Gasteiger partial charge in [0.2, 0.25) is 0 Å². The highest BCUT2D eigenvalue weighted by atomic mass is 32.1. The largest absolute Gasteiger partial charge is 0.397 e. The van der Waals surface area contributed by atoms with E-state index in [0.717, 1.165) is 38.4 Å². The number of rotatable bonds is 5. The molecule has 33 heavy (non-hydrogen) atoms. The lowest BCUT2D eigenvalue weighted by Crippen LogP contribution is -2.13. The highest BCUT2D eigenvalue weighted by molar-refractivity contribution is 7.16. The number of nitrogens with one attached hydrogen (secondary N) is 2. The predicted octanol–water partition coefficient (Wildman–Crippen LogP) is 5.65. The molecule has 2 aromatic carbocycles. The highest BCUT2D eigenvalue weighted by Gasteiger charge is 2.18. The van der Waals surface area contributed by atoms with Gasteiger partial charge in [0.05, 0.1) is 22.8 Å². The molecule has 3 heterocycles. The summed E-state index contributed by atoms with van der Waals surface area (Å²) >= 11 is 1.56. The van der Waals surface area contributed by atoms with E-state index in [2.05, 4.69) is 20.0 Å². The summed E-state index contributed by atoms with van der Waals surface area (Å²) in [6.45, 7) is 4.05. The molecular weight excluding hydrogens is 432 g/mol. The van der Waals surface area contributed by atoms with E-state index >= 15 is 0 Å². The second-order valence-electron chi connectivity index (χ2n) is 7.65. The predicted molar refractivity (Wildman–Crippen MR) is 134 cm³/mol. The van der Waals surface area contributed by atoms with Gasteiger partial charge in [-0.25, -0.2) is 9.97 Å². The van der Waals surface area contributed by atoms with Gasteiger partial charge in [-0.1, -0.05) is 24.3 Å². The number of carbonyl (C=O) groups is 1. The third kappa shape index (κ3) is 4.04. The quantitative estimate of drug-likeness (QED) is 0.298. The molecule has 1 amide bonds. The molecule has 5 rings (SSSR count). The van der Waals surface area contributed by atoms with Crippen LogP contribution < -0.4 is 16.4 Å². The van der Waals surface area contributed by atoms with Gasteiger partial charge >= 0.3 is 0 Å². The van der Waals surface area contributed by atoms with Crippen LogP contribution in [0.25, 0.3) is 17.0 Å². The fraction of sp³-hybridized carbons (Fsp3) is 0.0800. The van der Waals surface area contributed by atoms with Crippen molar-refractivity contribution >= 4 is 45.1 Å². The van der Waals surface area contributed by atoms with Crippen molar-refractivity contribution in [3.8, 4) is 11.4 Å². The number of aryl methyl sites for hydroxylation is 2. The number of pyridine rings is 1. The number of hydrogen-bond acceptors (Lipinski definition) is 6. The Balaban J connectivity index is 1.40. The summed E-state index contributed by atoms with van der Waals surface area (Å²) in [4.78, 5) is 23.3. The lowest BCUT2D eigenvalue weighted by Gasteiger charge is -2.09. The average molecular weight is 455 g/mol. The van der Waals surface area contributed by atoms with Gasteiger partial charge in [-0.2, -0.15) is 0 Å². The molecule has 0 bridgehead atoms. The summed E-state index contributed by atoms with van der Waals surface area (Å²) < 4.78 is 2.06. The van der Waals surface area contributed by atoms with Crippen LogP contribution in [0.1, 0.15) is 20.9 Å². The van der Waals surface area contributed by atoms with Crippen LogP contribution in [0.2, 0.25) is 0 Å². The van der Waals surface area contributed by atoms with Crippen molar-refractivity contribution in [2.24, 2.45) is 0 Å². The summed E-state index contributed by atoms with van der Waals surface area (Å²) in [5, 5.41) is 6.94. The van der Waals surface area contributed by atoms with Crippen molar-refractivity contribution in [1.29, 1.82) is 0 Å². The molecule has 0 unspecified atom stereocenters. The number of anilines is 4. The molecule has 0 atom stereocenters. The molecule has 5 aromatic rings. The molecule has 8 heteroatoms. The number of benzene rings is 2. The molecule has 0 aliphatic heterocycles. The van der Waals surface area contributed by atoms with E-state index in [1.54, 1.807) is 35.6 Å². The Hall–Kier alpha value is -4.17. The van der Waals surface area contributed by atoms with Crippen LogP contribution >= 0.6 is 11.3 Å². The standard InChI is InChI=1S/C25H22N6OS/c1-15-23(31-13-6-5-12-21(31)27-15)22-16(2)33-25(30-22)28-18-9-7-8-17(14-18)24(32)29-20-11-4-3-10-19(20)26/h3-14H,26H2,1-2H3,(H,28,30)(H,29,32).